The number of sulfonamides is 1. The lowest BCUT2D eigenvalue weighted by molar-refractivity contribution is 0.0901. The summed E-state index contributed by atoms with van der Waals surface area (Å²) >= 11 is 0. The molecule has 0 atom stereocenters. The number of para-hydroxylation sites is 1. The number of hydrogen-bond donors (Lipinski definition) is 1. The van der Waals surface area contributed by atoms with Crippen molar-refractivity contribution in [1.82, 2.24) is 5.32 Å². The Morgan fingerprint density at radius 3 is 2.40 bits per heavy atom. The molecule has 1 N–H and O–H groups in total. The van der Waals surface area contributed by atoms with Gasteiger partial charge in [-0.3, -0.25) is 9.10 Å². The summed E-state index contributed by atoms with van der Waals surface area (Å²) in [6.07, 6.45) is 1.10. The summed E-state index contributed by atoms with van der Waals surface area (Å²) in [5.74, 6) is -0.339. The molecule has 0 aliphatic carbocycles. The molecular formula is C18H22N2O4S. The van der Waals surface area contributed by atoms with E-state index in [4.69, 9.17) is 4.74 Å². The molecule has 0 fully saturated rings. The maximum atomic E-state index is 12.3. The first-order valence-electron chi connectivity index (χ1n) is 7.82. The average Bonchev–Trinajstić information content (AvgIpc) is 2.60. The Balaban J connectivity index is 1.89. The predicted molar refractivity (Wildman–Crippen MR) is 98.1 cm³/mol. The van der Waals surface area contributed by atoms with Crippen molar-refractivity contribution in [3.63, 3.8) is 0 Å². The van der Waals surface area contributed by atoms with Crippen LogP contribution < -0.4 is 9.62 Å². The van der Waals surface area contributed by atoms with Crippen molar-refractivity contribution in [1.29, 1.82) is 0 Å². The number of nitrogens with zero attached hydrogens (tertiary/aromatic N) is 1. The first-order chi connectivity index (χ1) is 11.9. The van der Waals surface area contributed by atoms with Gasteiger partial charge >= 0.3 is 0 Å². The first-order valence-corrected chi connectivity index (χ1v) is 9.67. The van der Waals surface area contributed by atoms with Crippen LogP contribution >= 0.6 is 0 Å². The Morgan fingerprint density at radius 2 is 1.72 bits per heavy atom. The van der Waals surface area contributed by atoms with Gasteiger partial charge in [0.1, 0.15) is 0 Å². The summed E-state index contributed by atoms with van der Waals surface area (Å²) in [5, 5.41) is 2.75. The van der Waals surface area contributed by atoms with Gasteiger partial charge in [-0.1, -0.05) is 42.5 Å². The van der Waals surface area contributed by atoms with Crippen LogP contribution in [0.5, 0.6) is 0 Å². The van der Waals surface area contributed by atoms with Crippen molar-refractivity contribution in [2.45, 2.75) is 6.61 Å². The average molecular weight is 362 g/mol. The molecule has 1 amide bonds. The van der Waals surface area contributed by atoms with E-state index in [1.165, 1.54) is 7.05 Å². The van der Waals surface area contributed by atoms with E-state index in [2.05, 4.69) is 5.32 Å². The molecule has 0 aromatic heterocycles. The molecule has 0 saturated heterocycles. The second-order valence-electron chi connectivity index (χ2n) is 5.54. The summed E-state index contributed by atoms with van der Waals surface area (Å²) in [6, 6.07) is 16.3. The van der Waals surface area contributed by atoms with Crippen molar-refractivity contribution in [2.75, 3.05) is 30.8 Å². The fourth-order valence-corrected chi connectivity index (χ4v) is 2.73. The standard InChI is InChI=1S/C18H22N2O4S/c1-20(25(2,22)23)17-11-7-6-10-16(17)18(21)19-12-13-24-14-15-8-4-3-5-9-15/h3-11H,12-14H2,1-2H3,(H,19,21). The van der Waals surface area contributed by atoms with E-state index in [0.717, 1.165) is 16.1 Å². The summed E-state index contributed by atoms with van der Waals surface area (Å²) < 4.78 is 30.0. The normalized spacial score (nSPS) is 11.1. The number of ether oxygens (including phenoxy) is 1. The van der Waals surface area contributed by atoms with Gasteiger partial charge in [-0.2, -0.15) is 0 Å². The zero-order chi connectivity index (χ0) is 18.3. The van der Waals surface area contributed by atoms with E-state index in [9.17, 15) is 13.2 Å². The highest BCUT2D eigenvalue weighted by molar-refractivity contribution is 7.92. The van der Waals surface area contributed by atoms with E-state index in [1.807, 2.05) is 30.3 Å². The van der Waals surface area contributed by atoms with Crippen LogP contribution in [0.25, 0.3) is 0 Å². The maximum Gasteiger partial charge on any atom is 0.253 e. The SMILES string of the molecule is CN(c1ccccc1C(=O)NCCOCc1ccccc1)S(C)(=O)=O. The molecule has 0 aliphatic rings. The highest BCUT2D eigenvalue weighted by atomic mass is 32.2. The summed E-state index contributed by atoms with van der Waals surface area (Å²) in [4.78, 5) is 12.3. The van der Waals surface area contributed by atoms with E-state index in [-0.39, 0.29) is 5.91 Å². The lowest BCUT2D eigenvalue weighted by atomic mass is 10.1. The summed E-state index contributed by atoms with van der Waals surface area (Å²) in [5.41, 5.74) is 1.71. The van der Waals surface area contributed by atoms with Gasteiger partial charge in [-0.15, -0.1) is 0 Å². The molecule has 2 aromatic rings. The number of carbonyl (C=O) groups excluding carboxylic acids is 1. The third kappa shape index (κ3) is 5.58. The second kappa shape index (κ2) is 8.64. The molecule has 2 aromatic carbocycles. The third-order valence-corrected chi connectivity index (χ3v) is 4.82. The van der Waals surface area contributed by atoms with Gasteiger partial charge in [0, 0.05) is 13.6 Å². The predicted octanol–water partition coefficient (Wildman–Crippen LogP) is 2.03. The van der Waals surface area contributed by atoms with Gasteiger partial charge in [-0.25, -0.2) is 8.42 Å². The van der Waals surface area contributed by atoms with E-state index < -0.39 is 10.0 Å². The second-order valence-corrected chi connectivity index (χ2v) is 7.56. The highest BCUT2D eigenvalue weighted by Gasteiger charge is 2.19. The van der Waals surface area contributed by atoms with E-state index in [1.54, 1.807) is 24.3 Å². The van der Waals surface area contributed by atoms with Crippen LogP contribution in [0.2, 0.25) is 0 Å². The fourth-order valence-electron chi connectivity index (χ4n) is 2.22. The third-order valence-electron chi connectivity index (χ3n) is 3.63. The number of nitrogens with one attached hydrogen (secondary N) is 1. The zero-order valence-electron chi connectivity index (χ0n) is 14.3. The topological polar surface area (TPSA) is 75.7 Å². The van der Waals surface area contributed by atoms with Crippen molar-refractivity contribution in [2.24, 2.45) is 0 Å². The lowest BCUT2D eigenvalue weighted by Crippen LogP contribution is -2.31. The van der Waals surface area contributed by atoms with Crippen LogP contribution in [0.4, 0.5) is 5.69 Å². The lowest BCUT2D eigenvalue weighted by Gasteiger charge is -2.19. The molecular weight excluding hydrogens is 340 g/mol. The number of amides is 1. The van der Waals surface area contributed by atoms with Crippen molar-refractivity contribution in [3.05, 3.63) is 65.7 Å². The Kier molecular flexibility index (Phi) is 6.55. The molecule has 2 rings (SSSR count). The molecule has 7 heteroatoms. The zero-order valence-corrected chi connectivity index (χ0v) is 15.1. The van der Waals surface area contributed by atoms with Crippen LogP contribution in [-0.4, -0.2) is 40.8 Å². The van der Waals surface area contributed by atoms with Crippen molar-refractivity contribution in [3.8, 4) is 0 Å². The summed E-state index contributed by atoms with van der Waals surface area (Å²) in [7, 11) is -2.02. The van der Waals surface area contributed by atoms with Crippen LogP contribution in [0, 0.1) is 0 Å². The molecule has 6 nitrogen and oxygen atoms in total. The van der Waals surface area contributed by atoms with Gasteiger partial charge in [0.05, 0.1) is 30.7 Å². The van der Waals surface area contributed by atoms with Crippen LogP contribution in [0.3, 0.4) is 0 Å². The number of hydrogen-bond acceptors (Lipinski definition) is 4. The van der Waals surface area contributed by atoms with Gasteiger partial charge in [0.15, 0.2) is 0 Å². The molecule has 0 saturated carbocycles. The molecule has 0 bridgehead atoms. The Labute approximate surface area is 148 Å². The van der Waals surface area contributed by atoms with E-state index in [0.29, 0.717) is 31.0 Å². The van der Waals surface area contributed by atoms with Gasteiger partial charge in [0.2, 0.25) is 10.0 Å². The monoisotopic (exact) mass is 362 g/mol. The van der Waals surface area contributed by atoms with Crippen molar-refractivity contribution >= 4 is 21.6 Å². The minimum atomic E-state index is -3.44. The Morgan fingerprint density at radius 1 is 1.08 bits per heavy atom. The molecule has 134 valence electrons. The quantitative estimate of drug-likeness (QED) is 0.729. The minimum absolute atomic E-state index is 0.304. The molecule has 0 heterocycles. The molecule has 0 aliphatic heterocycles. The molecule has 0 radical (unpaired) electrons. The van der Waals surface area contributed by atoms with Crippen LogP contribution in [-0.2, 0) is 21.4 Å². The molecule has 0 unspecified atom stereocenters. The minimum Gasteiger partial charge on any atom is -0.375 e. The summed E-state index contributed by atoms with van der Waals surface area (Å²) in [6.45, 7) is 1.18. The number of anilines is 1. The van der Waals surface area contributed by atoms with Crippen LogP contribution in [0.15, 0.2) is 54.6 Å². The van der Waals surface area contributed by atoms with Crippen LogP contribution in [0.1, 0.15) is 15.9 Å². The molecule has 0 spiro atoms. The van der Waals surface area contributed by atoms with Gasteiger partial charge < -0.3 is 10.1 Å². The Bertz CT molecular complexity index is 807. The van der Waals surface area contributed by atoms with Gasteiger partial charge in [0.25, 0.3) is 5.91 Å². The Hall–Kier alpha value is -2.38. The van der Waals surface area contributed by atoms with Gasteiger partial charge in [-0.05, 0) is 17.7 Å². The van der Waals surface area contributed by atoms with Crippen molar-refractivity contribution < 1.29 is 17.9 Å². The first kappa shape index (κ1) is 19.0. The fraction of sp³-hybridized carbons (Fsp3) is 0.278. The highest BCUT2D eigenvalue weighted by Crippen LogP contribution is 2.21. The number of carbonyl (C=O) groups is 1. The van der Waals surface area contributed by atoms with E-state index >= 15 is 0 Å². The molecule has 25 heavy (non-hydrogen) atoms. The largest absolute Gasteiger partial charge is 0.375 e. The number of rotatable bonds is 8. The maximum absolute atomic E-state index is 12.3. The number of benzene rings is 2. The smallest absolute Gasteiger partial charge is 0.253 e.